The van der Waals surface area contributed by atoms with Crippen LogP contribution < -0.4 is 0 Å². The van der Waals surface area contributed by atoms with Crippen LogP contribution in [0.25, 0.3) is 0 Å². The van der Waals surface area contributed by atoms with E-state index in [9.17, 15) is 0 Å². The molecule has 2 nitrogen and oxygen atoms in total. The minimum atomic E-state index is 0.908. The van der Waals surface area contributed by atoms with E-state index < -0.39 is 0 Å². The summed E-state index contributed by atoms with van der Waals surface area (Å²) in [5, 5.41) is 6.54. The standard InChI is InChI=1S/C12H10N2/c1-10-2-4-11(5-3-10)6-7-12-8-13-14-9-12/h2-5,8-9H,1H3,(H,13,14). The Hall–Kier alpha value is -2.01. The minimum absolute atomic E-state index is 0.908. The predicted molar refractivity (Wildman–Crippen MR) is 55.7 cm³/mol. The summed E-state index contributed by atoms with van der Waals surface area (Å²) in [6, 6.07) is 8.14. The van der Waals surface area contributed by atoms with Gasteiger partial charge in [0.2, 0.25) is 0 Å². The molecule has 0 aliphatic rings. The van der Waals surface area contributed by atoms with Crippen molar-refractivity contribution in [3.05, 3.63) is 53.3 Å². The second-order valence-electron chi connectivity index (χ2n) is 3.10. The normalized spacial score (nSPS) is 9.21. The van der Waals surface area contributed by atoms with Crippen LogP contribution in [0.1, 0.15) is 16.7 Å². The fourth-order valence-corrected chi connectivity index (χ4v) is 1.10. The zero-order chi connectivity index (χ0) is 9.80. The molecule has 2 heteroatoms. The summed E-state index contributed by atoms with van der Waals surface area (Å²) in [5.74, 6) is 6.08. The lowest BCUT2D eigenvalue weighted by Crippen LogP contribution is -1.75. The molecule has 0 radical (unpaired) electrons. The quantitative estimate of drug-likeness (QED) is 0.621. The Morgan fingerprint density at radius 2 is 1.79 bits per heavy atom. The molecule has 2 aromatic rings. The molecule has 0 fully saturated rings. The highest BCUT2D eigenvalue weighted by Gasteiger charge is 1.87. The Bertz CT molecular complexity index is 455. The lowest BCUT2D eigenvalue weighted by Gasteiger charge is -1.90. The highest BCUT2D eigenvalue weighted by atomic mass is 15.1. The summed E-state index contributed by atoms with van der Waals surface area (Å²) >= 11 is 0. The molecular weight excluding hydrogens is 172 g/mol. The van der Waals surface area contributed by atoms with Crippen molar-refractivity contribution < 1.29 is 0 Å². The van der Waals surface area contributed by atoms with Crippen LogP contribution in [-0.2, 0) is 0 Å². The van der Waals surface area contributed by atoms with E-state index in [1.54, 1.807) is 12.4 Å². The van der Waals surface area contributed by atoms with Crippen LogP contribution in [0.3, 0.4) is 0 Å². The minimum Gasteiger partial charge on any atom is -0.284 e. The average Bonchev–Trinajstić information content (AvgIpc) is 2.70. The molecule has 0 aliphatic carbocycles. The molecule has 14 heavy (non-hydrogen) atoms. The van der Waals surface area contributed by atoms with Crippen molar-refractivity contribution in [3.63, 3.8) is 0 Å². The first-order chi connectivity index (χ1) is 6.84. The second kappa shape index (κ2) is 3.80. The van der Waals surface area contributed by atoms with E-state index in [0.717, 1.165) is 11.1 Å². The Morgan fingerprint density at radius 3 is 2.43 bits per heavy atom. The summed E-state index contributed by atoms with van der Waals surface area (Å²) in [7, 11) is 0. The maximum absolute atomic E-state index is 3.82. The number of hydrogen-bond acceptors (Lipinski definition) is 1. The number of H-pyrrole nitrogens is 1. The van der Waals surface area contributed by atoms with Crippen molar-refractivity contribution in [3.8, 4) is 11.8 Å². The molecule has 68 valence electrons. The van der Waals surface area contributed by atoms with Crippen molar-refractivity contribution in [2.75, 3.05) is 0 Å². The van der Waals surface area contributed by atoms with Crippen LogP contribution in [0.2, 0.25) is 0 Å². The van der Waals surface area contributed by atoms with Gasteiger partial charge in [-0.3, -0.25) is 5.10 Å². The predicted octanol–water partition coefficient (Wildman–Crippen LogP) is 2.12. The van der Waals surface area contributed by atoms with Gasteiger partial charge in [-0.1, -0.05) is 29.5 Å². The first-order valence-corrected chi connectivity index (χ1v) is 4.42. The van der Waals surface area contributed by atoms with Crippen molar-refractivity contribution in [1.82, 2.24) is 10.2 Å². The van der Waals surface area contributed by atoms with Gasteiger partial charge in [0.25, 0.3) is 0 Å². The largest absolute Gasteiger partial charge is 0.284 e. The average molecular weight is 182 g/mol. The van der Waals surface area contributed by atoms with Crippen molar-refractivity contribution in [2.45, 2.75) is 6.92 Å². The summed E-state index contributed by atoms with van der Waals surface area (Å²) in [6.07, 6.45) is 3.49. The lowest BCUT2D eigenvalue weighted by atomic mass is 10.1. The molecule has 1 aromatic heterocycles. The summed E-state index contributed by atoms with van der Waals surface area (Å²) < 4.78 is 0. The Kier molecular flexibility index (Phi) is 2.33. The molecule has 0 bridgehead atoms. The van der Waals surface area contributed by atoms with Gasteiger partial charge >= 0.3 is 0 Å². The highest BCUT2D eigenvalue weighted by molar-refractivity contribution is 5.41. The topological polar surface area (TPSA) is 28.7 Å². The van der Waals surface area contributed by atoms with Crippen LogP contribution in [0.5, 0.6) is 0 Å². The van der Waals surface area contributed by atoms with Gasteiger partial charge in [0.1, 0.15) is 0 Å². The molecule has 2 rings (SSSR count). The molecule has 0 saturated carbocycles. The van der Waals surface area contributed by atoms with E-state index in [1.807, 2.05) is 12.1 Å². The van der Waals surface area contributed by atoms with Gasteiger partial charge in [0.05, 0.1) is 11.8 Å². The second-order valence-corrected chi connectivity index (χ2v) is 3.10. The number of aromatic amines is 1. The smallest absolute Gasteiger partial charge is 0.0644 e. The molecule has 0 aliphatic heterocycles. The lowest BCUT2D eigenvalue weighted by molar-refractivity contribution is 1.09. The van der Waals surface area contributed by atoms with Crippen LogP contribution >= 0.6 is 0 Å². The maximum atomic E-state index is 3.82. The first-order valence-electron chi connectivity index (χ1n) is 4.42. The third-order valence-corrected chi connectivity index (χ3v) is 1.90. The number of hydrogen-bond donors (Lipinski definition) is 1. The third kappa shape index (κ3) is 2.02. The van der Waals surface area contributed by atoms with Crippen molar-refractivity contribution >= 4 is 0 Å². The SMILES string of the molecule is Cc1ccc(C#Cc2cn[nH]c2)cc1. The van der Waals surface area contributed by atoms with Crippen molar-refractivity contribution in [1.29, 1.82) is 0 Å². The highest BCUT2D eigenvalue weighted by Crippen LogP contribution is 2.01. The zero-order valence-corrected chi connectivity index (χ0v) is 7.91. The summed E-state index contributed by atoms with van der Waals surface area (Å²) in [4.78, 5) is 0. The Morgan fingerprint density at radius 1 is 1.07 bits per heavy atom. The third-order valence-electron chi connectivity index (χ3n) is 1.90. The van der Waals surface area contributed by atoms with Gasteiger partial charge in [-0.25, -0.2) is 0 Å². The Balaban J connectivity index is 2.22. The molecule has 0 saturated heterocycles. The number of benzene rings is 1. The van der Waals surface area contributed by atoms with E-state index in [0.29, 0.717) is 0 Å². The summed E-state index contributed by atoms with van der Waals surface area (Å²) in [6.45, 7) is 2.06. The van der Waals surface area contributed by atoms with Gasteiger partial charge in [0, 0.05) is 11.8 Å². The van der Waals surface area contributed by atoms with E-state index in [-0.39, 0.29) is 0 Å². The van der Waals surface area contributed by atoms with Gasteiger partial charge in [-0.05, 0) is 19.1 Å². The van der Waals surface area contributed by atoms with E-state index >= 15 is 0 Å². The number of nitrogens with zero attached hydrogens (tertiary/aromatic N) is 1. The van der Waals surface area contributed by atoms with Gasteiger partial charge in [-0.15, -0.1) is 0 Å². The van der Waals surface area contributed by atoms with Gasteiger partial charge in [-0.2, -0.15) is 5.10 Å². The monoisotopic (exact) mass is 182 g/mol. The van der Waals surface area contributed by atoms with Crippen LogP contribution in [0.15, 0.2) is 36.7 Å². The zero-order valence-electron chi connectivity index (χ0n) is 7.91. The molecule has 1 heterocycles. The number of rotatable bonds is 0. The van der Waals surface area contributed by atoms with E-state index in [2.05, 4.69) is 41.1 Å². The fourth-order valence-electron chi connectivity index (χ4n) is 1.10. The number of aryl methyl sites for hydroxylation is 1. The van der Waals surface area contributed by atoms with Gasteiger partial charge < -0.3 is 0 Å². The molecule has 1 N–H and O–H groups in total. The molecule has 0 amide bonds. The molecule has 0 spiro atoms. The summed E-state index contributed by atoms with van der Waals surface area (Å²) in [5.41, 5.74) is 3.18. The number of nitrogens with one attached hydrogen (secondary N) is 1. The van der Waals surface area contributed by atoms with E-state index in [4.69, 9.17) is 0 Å². The van der Waals surface area contributed by atoms with Crippen LogP contribution in [0, 0.1) is 18.8 Å². The van der Waals surface area contributed by atoms with Gasteiger partial charge in [0.15, 0.2) is 0 Å². The molecule has 0 unspecified atom stereocenters. The molecule has 0 atom stereocenters. The Labute approximate surface area is 83.0 Å². The van der Waals surface area contributed by atoms with E-state index in [1.165, 1.54) is 5.56 Å². The maximum Gasteiger partial charge on any atom is 0.0644 e. The van der Waals surface area contributed by atoms with Crippen LogP contribution in [0.4, 0.5) is 0 Å². The molecular formula is C12H10N2. The van der Waals surface area contributed by atoms with Crippen LogP contribution in [-0.4, -0.2) is 10.2 Å². The number of aromatic nitrogens is 2. The van der Waals surface area contributed by atoms with Crippen molar-refractivity contribution in [2.24, 2.45) is 0 Å². The fraction of sp³-hybridized carbons (Fsp3) is 0.0833. The first kappa shape index (κ1) is 8.58. The molecule has 1 aromatic carbocycles.